The highest BCUT2D eigenvalue weighted by Crippen LogP contribution is 2.68. The van der Waals surface area contributed by atoms with E-state index in [-0.39, 0.29) is 41.6 Å². The maximum absolute atomic E-state index is 15.0. The molecule has 2 amide bonds. The molecule has 3 fully saturated rings. The van der Waals surface area contributed by atoms with E-state index < -0.39 is 34.6 Å². The zero-order chi connectivity index (χ0) is 30.9. The number of hydrogen-bond acceptors (Lipinski definition) is 6. The second-order valence-corrected chi connectivity index (χ2v) is 14.4. The fraction of sp³-hybridized carbons (Fsp3) is 0.441. The van der Waals surface area contributed by atoms with Crippen LogP contribution in [0.5, 0.6) is 0 Å². The number of rotatable bonds is 12. The first kappa shape index (κ1) is 31.5. The molecular formula is C34H39BrN2O5S. The highest BCUT2D eigenvalue weighted by Gasteiger charge is 2.76. The van der Waals surface area contributed by atoms with Crippen LogP contribution in [0.1, 0.15) is 29.5 Å². The number of likely N-dealkylation sites (tertiary alicyclic amines) is 1. The molecule has 9 heteroatoms. The number of alkyl halides is 1. The number of aliphatic hydroxyl groups is 1. The van der Waals surface area contributed by atoms with Gasteiger partial charge in [-0.25, -0.2) is 0 Å². The number of anilines is 1. The molecule has 1 spiro atoms. The molecule has 1 N–H and O–H groups in total. The molecule has 3 aliphatic heterocycles. The van der Waals surface area contributed by atoms with Gasteiger partial charge in [-0.2, -0.15) is 0 Å². The summed E-state index contributed by atoms with van der Waals surface area (Å²) >= 11 is 5.37. The Labute approximate surface area is 266 Å². The minimum absolute atomic E-state index is 0.0796. The van der Waals surface area contributed by atoms with Gasteiger partial charge in [0.15, 0.2) is 0 Å². The Bertz CT molecular complexity index is 1400. The Hall–Kier alpha value is -2.88. The van der Waals surface area contributed by atoms with Crippen LogP contribution in [0.2, 0.25) is 0 Å². The number of halogens is 1. The molecule has 0 radical (unpaired) electrons. The molecule has 5 rings (SSSR count). The Morgan fingerprint density at radius 2 is 1.95 bits per heavy atom. The van der Waals surface area contributed by atoms with Gasteiger partial charge in [-0.15, -0.1) is 24.9 Å². The SMILES string of the molecule is C=CCCOC(=O)[C@H]1[C@H]2C(=O)N([C@@H](CO)Cc3ccccc3)C(C(=O)N(CC=C)c3cc(C)ccc3C)C23CC(Br)[C@@H]1S3. The van der Waals surface area contributed by atoms with Crippen molar-refractivity contribution in [3.8, 4) is 0 Å². The molecule has 3 heterocycles. The number of aliphatic hydroxyl groups excluding tert-OH is 1. The van der Waals surface area contributed by atoms with Crippen LogP contribution in [-0.4, -0.2) is 74.5 Å². The van der Waals surface area contributed by atoms with Crippen LogP contribution in [0, 0.1) is 25.7 Å². The molecule has 3 aliphatic rings. The van der Waals surface area contributed by atoms with Crippen molar-refractivity contribution in [1.82, 2.24) is 4.90 Å². The molecule has 7 atom stereocenters. The van der Waals surface area contributed by atoms with Crippen LogP contribution in [0.3, 0.4) is 0 Å². The third-order valence-electron chi connectivity index (χ3n) is 8.95. The average Bonchev–Trinajstić information content (AvgIpc) is 3.59. The second kappa shape index (κ2) is 13.0. The van der Waals surface area contributed by atoms with Crippen LogP contribution in [0.15, 0.2) is 73.8 Å². The molecule has 228 valence electrons. The minimum Gasteiger partial charge on any atom is -0.465 e. The summed E-state index contributed by atoms with van der Waals surface area (Å²) in [6.07, 6.45) is 4.81. The van der Waals surface area contributed by atoms with Crippen LogP contribution in [0.25, 0.3) is 0 Å². The molecule has 7 nitrogen and oxygen atoms in total. The van der Waals surface area contributed by atoms with Crippen molar-refractivity contribution in [3.05, 3.63) is 90.5 Å². The van der Waals surface area contributed by atoms with E-state index in [2.05, 4.69) is 29.1 Å². The number of benzene rings is 2. The van der Waals surface area contributed by atoms with E-state index >= 15 is 0 Å². The van der Waals surface area contributed by atoms with Crippen molar-refractivity contribution in [2.24, 2.45) is 11.8 Å². The predicted molar refractivity (Wildman–Crippen MR) is 174 cm³/mol. The van der Waals surface area contributed by atoms with Crippen molar-refractivity contribution in [2.45, 2.75) is 60.0 Å². The average molecular weight is 668 g/mol. The van der Waals surface area contributed by atoms with Gasteiger partial charge >= 0.3 is 5.97 Å². The standard InChI is InChI=1S/C34H39BrN2O5S/c1-5-7-16-42-33(41)27-28-31(39)37(24(20-38)18-23-11-9-8-10-12-23)30(34(28)19-25(35)29(27)43-34)32(40)36(15-6-2)26-17-21(3)13-14-22(26)4/h5-6,8-14,17,24-25,27-30,38H,1-2,7,15-16,18-20H2,3-4H3/t24-,25?,27+,28+,29+,30?,34?/m1/s1. The summed E-state index contributed by atoms with van der Waals surface area (Å²) in [5, 5.41) is 10.5. The molecule has 2 aromatic rings. The quantitative estimate of drug-likeness (QED) is 0.148. The van der Waals surface area contributed by atoms with Crippen LogP contribution < -0.4 is 4.90 Å². The van der Waals surface area contributed by atoms with Gasteiger partial charge in [-0.05, 0) is 55.9 Å². The minimum atomic E-state index is -0.897. The van der Waals surface area contributed by atoms with Crippen molar-refractivity contribution in [2.75, 3.05) is 24.7 Å². The lowest BCUT2D eigenvalue weighted by atomic mass is 9.71. The monoisotopic (exact) mass is 666 g/mol. The van der Waals surface area contributed by atoms with E-state index in [0.29, 0.717) is 19.3 Å². The molecule has 0 saturated carbocycles. The fourth-order valence-electron chi connectivity index (χ4n) is 7.08. The van der Waals surface area contributed by atoms with E-state index in [1.807, 2.05) is 62.4 Å². The summed E-state index contributed by atoms with van der Waals surface area (Å²) in [4.78, 5) is 46.4. The summed E-state index contributed by atoms with van der Waals surface area (Å²) in [5.41, 5.74) is 3.64. The molecule has 3 saturated heterocycles. The number of aryl methyl sites for hydroxylation is 2. The Morgan fingerprint density at radius 1 is 1.21 bits per heavy atom. The normalized spacial score (nSPS) is 28.0. The lowest BCUT2D eigenvalue weighted by Gasteiger charge is -2.40. The lowest BCUT2D eigenvalue weighted by molar-refractivity contribution is -0.154. The van der Waals surface area contributed by atoms with Gasteiger partial charge in [0.2, 0.25) is 5.91 Å². The van der Waals surface area contributed by atoms with E-state index in [0.717, 1.165) is 22.4 Å². The Morgan fingerprint density at radius 3 is 2.63 bits per heavy atom. The highest BCUT2D eigenvalue weighted by molar-refractivity contribution is 9.09. The molecule has 43 heavy (non-hydrogen) atoms. The van der Waals surface area contributed by atoms with Gasteiger partial charge < -0.3 is 19.6 Å². The number of esters is 1. The number of thioether (sulfide) groups is 1. The van der Waals surface area contributed by atoms with Gasteiger partial charge in [0.1, 0.15) is 6.04 Å². The fourth-order valence-corrected chi connectivity index (χ4v) is 10.7. The zero-order valence-electron chi connectivity index (χ0n) is 24.7. The first-order valence-corrected chi connectivity index (χ1v) is 16.5. The molecule has 0 aromatic heterocycles. The van der Waals surface area contributed by atoms with Gasteiger partial charge in [0.25, 0.3) is 5.91 Å². The Balaban J connectivity index is 1.62. The molecule has 0 aliphatic carbocycles. The predicted octanol–water partition coefficient (Wildman–Crippen LogP) is 5.01. The van der Waals surface area contributed by atoms with E-state index in [1.165, 1.54) is 0 Å². The number of amides is 2. The maximum atomic E-state index is 15.0. The lowest BCUT2D eigenvalue weighted by Crippen LogP contribution is -2.58. The van der Waals surface area contributed by atoms with E-state index in [1.54, 1.807) is 33.7 Å². The summed E-state index contributed by atoms with van der Waals surface area (Å²) in [7, 11) is 0. The first-order valence-electron chi connectivity index (χ1n) is 14.7. The number of nitrogens with zero attached hydrogens (tertiary/aromatic N) is 2. The summed E-state index contributed by atoms with van der Waals surface area (Å²) in [6, 6.07) is 14.1. The maximum Gasteiger partial charge on any atom is 0.310 e. The van der Waals surface area contributed by atoms with Gasteiger partial charge in [-0.3, -0.25) is 14.4 Å². The smallest absolute Gasteiger partial charge is 0.310 e. The summed E-state index contributed by atoms with van der Waals surface area (Å²) in [5.74, 6) is -2.36. The molecule has 3 unspecified atom stereocenters. The van der Waals surface area contributed by atoms with Crippen LogP contribution >= 0.6 is 27.7 Å². The first-order chi connectivity index (χ1) is 20.7. The number of hydrogen-bond donors (Lipinski definition) is 1. The van der Waals surface area contributed by atoms with Gasteiger partial charge in [-0.1, -0.05) is 70.5 Å². The molecular weight excluding hydrogens is 628 g/mol. The van der Waals surface area contributed by atoms with Crippen LogP contribution in [-0.2, 0) is 25.5 Å². The third-order valence-corrected chi connectivity index (χ3v) is 12.2. The summed E-state index contributed by atoms with van der Waals surface area (Å²) in [6.45, 7) is 11.7. The summed E-state index contributed by atoms with van der Waals surface area (Å²) < 4.78 is 4.78. The van der Waals surface area contributed by atoms with Gasteiger partial charge in [0, 0.05) is 22.3 Å². The highest BCUT2D eigenvalue weighted by atomic mass is 79.9. The third kappa shape index (κ3) is 5.60. The number of fused-ring (bicyclic) bond motifs is 1. The number of carbonyl (C=O) groups excluding carboxylic acids is 3. The molecule has 2 bridgehead atoms. The topological polar surface area (TPSA) is 87.1 Å². The van der Waals surface area contributed by atoms with Crippen molar-refractivity contribution in [1.29, 1.82) is 0 Å². The van der Waals surface area contributed by atoms with Crippen LogP contribution in [0.4, 0.5) is 5.69 Å². The second-order valence-electron chi connectivity index (χ2n) is 11.7. The number of carbonyl (C=O) groups is 3. The van der Waals surface area contributed by atoms with Gasteiger partial charge in [0.05, 0.1) is 35.8 Å². The number of ether oxygens (including phenoxy) is 1. The van der Waals surface area contributed by atoms with Crippen molar-refractivity contribution in [3.63, 3.8) is 0 Å². The largest absolute Gasteiger partial charge is 0.465 e. The van der Waals surface area contributed by atoms with E-state index in [4.69, 9.17) is 4.74 Å². The van der Waals surface area contributed by atoms with Crippen molar-refractivity contribution >= 4 is 51.2 Å². The molecule has 2 aromatic carbocycles. The van der Waals surface area contributed by atoms with E-state index in [9.17, 15) is 19.5 Å². The van der Waals surface area contributed by atoms with Crippen molar-refractivity contribution < 1.29 is 24.2 Å². The zero-order valence-corrected chi connectivity index (χ0v) is 27.1. The Kier molecular flexibility index (Phi) is 9.54.